The third kappa shape index (κ3) is 7.68. The van der Waals surface area contributed by atoms with Gasteiger partial charge in [0, 0.05) is 5.92 Å². The Morgan fingerprint density at radius 2 is 1.16 bits per heavy atom. The fourth-order valence-electron chi connectivity index (χ4n) is 11.0. The molecule has 1 saturated carbocycles. The maximum absolute atomic E-state index is 2.50. The summed E-state index contributed by atoms with van der Waals surface area (Å²) < 4.78 is 0. The van der Waals surface area contributed by atoms with Crippen LogP contribution < -0.4 is 0 Å². The minimum Gasteiger partial charge on any atom is -0.0758 e. The zero-order valence-corrected chi connectivity index (χ0v) is 38.5. The molecule has 0 radical (unpaired) electrons. The summed E-state index contributed by atoms with van der Waals surface area (Å²) in [7, 11) is 0. The molecular weight excluding hydrogens is 769 g/mol. The van der Waals surface area contributed by atoms with Crippen LogP contribution in [0.2, 0.25) is 0 Å². The van der Waals surface area contributed by atoms with E-state index < -0.39 is 0 Å². The highest BCUT2D eigenvalue weighted by molar-refractivity contribution is 6.16. The first-order valence-electron chi connectivity index (χ1n) is 23.7. The number of fused-ring (bicyclic) bond motifs is 6. The van der Waals surface area contributed by atoms with Crippen LogP contribution in [0.3, 0.4) is 0 Å². The van der Waals surface area contributed by atoms with Gasteiger partial charge in [-0.2, -0.15) is 0 Å². The van der Waals surface area contributed by atoms with Gasteiger partial charge in [0.1, 0.15) is 0 Å². The van der Waals surface area contributed by atoms with Crippen LogP contribution in [0.5, 0.6) is 0 Å². The Kier molecular flexibility index (Phi) is 11.2. The van der Waals surface area contributed by atoms with Crippen molar-refractivity contribution in [1.29, 1.82) is 0 Å². The van der Waals surface area contributed by atoms with Crippen molar-refractivity contribution in [3.8, 4) is 44.5 Å². The third-order valence-electron chi connectivity index (χ3n) is 14.5. The molecule has 0 aromatic heterocycles. The molecule has 0 bridgehead atoms. The summed E-state index contributed by atoms with van der Waals surface area (Å²) in [6.45, 7) is 13.6. The van der Waals surface area contributed by atoms with Gasteiger partial charge in [-0.25, -0.2) is 0 Å². The lowest BCUT2D eigenvalue weighted by atomic mass is 9.73. The smallest absolute Gasteiger partial charge is 0.00957 e. The van der Waals surface area contributed by atoms with Gasteiger partial charge in [0.2, 0.25) is 0 Å². The lowest BCUT2D eigenvalue weighted by molar-refractivity contribution is 0.395. The molecule has 4 aliphatic rings. The molecule has 8 aromatic rings. The summed E-state index contributed by atoms with van der Waals surface area (Å²) in [5.41, 5.74) is 24.1. The van der Waals surface area contributed by atoms with E-state index >= 15 is 0 Å². The Labute approximate surface area is 382 Å². The van der Waals surface area contributed by atoms with Gasteiger partial charge in [0.25, 0.3) is 0 Å². The average Bonchev–Trinajstić information content (AvgIpc) is 4.09. The van der Waals surface area contributed by atoms with Crippen molar-refractivity contribution in [2.75, 3.05) is 0 Å². The number of hydrogen-bond donors (Lipinski definition) is 0. The van der Waals surface area contributed by atoms with Gasteiger partial charge < -0.3 is 0 Å². The molecule has 316 valence electrons. The molecule has 0 N–H and O–H groups in total. The standard InChI is InChI=1S/C23H22.C22H22.C19H16/c1-16-10-12-18(13-11-16)21-8-5-9-22(23(21)19-14-15-19)20-7-4-3-6-17(20)2;1-15-9-11-18-19-12-10-17(16-7-5-4-6-8-16)14-21(19)22(2,3)20(18)13-15;1-2-6-13-11-12-18-16-8-4-3-7-15(16)17-10-5-9-14(13)19(17)18/h3-13,19H,14-15H2,1-2H3;4-14,19,21H,1-3H3;3-5,7-12H,2,6H2,1H3. The van der Waals surface area contributed by atoms with Gasteiger partial charge in [0.15, 0.2) is 0 Å². The molecule has 2 atom stereocenters. The molecule has 64 heavy (non-hydrogen) atoms. The first-order chi connectivity index (χ1) is 31.2. The Balaban J connectivity index is 0.000000114. The van der Waals surface area contributed by atoms with Gasteiger partial charge >= 0.3 is 0 Å². The van der Waals surface area contributed by atoms with Crippen LogP contribution >= 0.6 is 0 Å². The minimum absolute atomic E-state index is 0.191. The Bertz CT molecular complexity index is 3030. The fourth-order valence-corrected chi connectivity index (χ4v) is 11.0. The van der Waals surface area contributed by atoms with Crippen LogP contribution in [0.1, 0.15) is 96.4 Å². The van der Waals surface area contributed by atoms with E-state index in [2.05, 4.69) is 230 Å². The summed E-state index contributed by atoms with van der Waals surface area (Å²) in [6.07, 6.45) is 12.2. The first kappa shape index (κ1) is 41.5. The van der Waals surface area contributed by atoms with Crippen LogP contribution in [-0.2, 0) is 11.8 Å². The van der Waals surface area contributed by atoms with Gasteiger partial charge in [-0.15, -0.1) is 0 Å². The van der Waals surface area contributed by atoms with Gasteiger partial charge in [-0.1, -0.05) is 226 Å². The average molecular weight is 829 g/mol. The molecule has 0 aliphatic heterocycles. The molecule has 1 fully saturated rings. The maximum Gasteiger partial charge on any atom is 0.00957 e. The number of rotatable bonds is 6. The Hall–Kier alpha value is -6.50. The number of benzene rings is 8. The van der Waals surface area contributed by atoms with E-state index in [0.717, 1.165) is 12.3 Å². The zero-order valence-electron chi connectivity index (χ0n) is 38.5. The lowest BCUT2D eigenvalue weighted by Crippen LogP contribution is -2.25. The topological polar surface area (TPSA) is 0 Å². The van der Waals surface area contributed by atoms with Crippen molar-refractivity contribution in [3.63, 3.8) is 0 Å². The first-order valence-corrected chi connectivity index (χ1v) is 23.7. The van der Waals surface area contributed by atoms with Gasteiger partial charge in [-0.3, -0.25) is 0 Å². The molecule has 0 nitrogen and oxygen atoms in total. The fraction of sp³-hybridized carbons (Fsp3) is 0.219. The predicted molar refractivity (Wildman–Crippen MR) is 275 cm³/mol. The quantitative estimate of drug-likeness (QED) is 0.157. The van der Waals surface area contributed by atoms with Gasteiger partial charge in [0.05, 0.1) is 0 Å². The van der Waals surface area contributed by atoms with Crippen LogP contribution in [0.25, 0.3) is 60.9 Å². The molecule has 0 spiro atoms. The van der Waals surface area contributed by atoms with Crippen LogP contribution in [0.4, 0.5) is 0 Å². The number of hydrogen-bond acceptors (Lipinski definition) is 0. The van der Waals surface area contributed by atoms with E-state index in [1.54, 1.807) is 5.56 Å². The second-order valence-electron chi connectivity index (χ2n) is 19.2. The summed E-state index contributed by atoms with van der Waals surface area (Å²) >= 11 is 0. The molecule has 12 rings (SSSR count). The molecule has 2 unspecified atom stereocenters. The number of allylic oxidation sites excluding steroid dienone is 4. The Morgan fingerprint density at radius 3 is 1.88 bits per heavy atom. The Morgan fingerprint density at radius 1 is 0.531 bits per heavy atom. The summed E-state index contributed by atoms with van der Waals surface area (Å²) in [6, 6.07) is 62.3. The van der Waals surface area contributed by atoms with Crippen molar-refractivity contribution in [2.45, 2.75) is 84.5 Å². The van der Waals surface area contributed by atoms with Crippen molar-refractivity contribution < 1.29 is 0 Å². The minimum atomic E-state index is 0.191. The predicted octanol–water partition coefficient (Wildman–Crippen LogP) is 17.6. The van der Waals surface area contributed by atoms with E-state index in [1.807, 2.05) is 0 Å². The van der Waals surface area contributed by atoms with E-state index in [-0.39, 0.29) is 5.41 Å². The SMILES string of the molecule is CCCc1ccc2c3c(cccc13)-c1ccccc1-2.Cc1ccc(-c2cccc(-c3ccccc3C)c2C2CC2)cc1.Cc1ccc2c(c1)C(C)(C)C1C=C(c3ccccc3)C=CC21. The molecule has 0 saturated heterocycles. The summed E-state index contributed by atoms with van der Waals surface area (Å²) in [5.74, 6) is 1.80. The van der Waals surface area contributed by atoms with Crippen LogP contribution in [0, 0.1) is 26.7 Å². The zero-order chi connectivity index (χ0) is 44.0. The molecule has 0 heterocycles. The number of aryl methyl sites for hydroxylation is 4. The lowest BCUT2D eigenvalue weighted by Gasteiger charge is -2.31. The van der Waals surface area contributed by atoms with Crippen molar-refractivity contribution in [1.82, 2.24) is 0 Å². The van der Waals surface area contributed by atoms with Crippen molar-refractivity contribution in [3.05, 3.63) is 233 Å². The highest BCUT2D eigenvalue weighted by atomic mass is 14.5. The highest BCUT2D eigenvalue weighted by Gasteiger charge is 2.45. The van der Waals surface area contributed by atoms with E-state index in [1.165, 1.54) is 119 Å². The van der Waals surface area contributed by atoms with E-state index in [0.29, 0.717) is 11.8 Å². The van der Waals surface area contributed by atoms with E-state index in [4.69, 9.17) is 0 Å². The van der Waals surface area contributed by atoms with Crippen molar-refractivity contribution >= 4 is 16.3 Å². The monoisotopic (exact) mass is 828 g/mol. The highest BCUT2D eigenvalue weighted by Crippen LogP contribution is 2.55. The third-order valence-corrected chi connectivity index (χ3v) is 14.5. The summed E-state index contributed by atoms with van der Waals surface area (Å²) in [5, 5.41) is 2.89. The summed E-state index contributed by atoms with van der Waals surface area (Å²) in [4.78, 5) is 0. The van der Waals surface area contributed by atoms with Gasteiger partial charge in [-0.05, 0) is 152 Å². The molecule has 0 heteroatoms. The molecule has 8 aromatic carbocycles. The second kappa shape index (κ2) is 17.2. The maximum atomic E-state index is 2.50. The normalized spacial score (nSPS) is 17.0. The second-order valence-corrected chi connectivity index (χ2v) is 19.2. The van der Waals surface area contributed by atoms with Crippen LogP contribution in [0.15, 0.2) is 188 Å². The van der Waals surface area contributed by atoms with E-state index in [9.17, 15) is 0 Å². The molecular formula is C64H60. The van der Waals surface area contributed by atoms with Crippen molar-refractivity contribution in [2.24, 2.45) is 5.92 Å². The largest absolute Gasteiger partial charge is 0.0758 e. The molecule has 0 amide bonds. The molecule has 4 aliphatic carbocycles. The van der Waals surface area contributed by atoms with Crippen LogP contribution in [-0.4, -0.2) is 0 Å².